The maximum atomic E-state index is 12.7. The Hall–Kier alpha value is -3.06. The van der Waals surface area contributed by atoms with Crippen LogP contribution in [0.5, 0.6) is 5.75 Å². The lowest BCUT2D eigenvalue weighted by Gasteiger charge is -2.10. The van der Waals surface area contributed by atoms with Gasteiger partial charge in [0.2, 0.25) is 5.91 Å². The van der Waals surface area contributed by atoms with Crippen molar-refractivity contribution in [1.29, 1.82) is 0 Å². The third-order valence-corrected chi connectivity index (χ3v) is 5.13. The van der Waals surface area contributed by atoms with Gasteiger partial charge in [0, 0.05) is 23.8 Å². The molecule has 28 heavy (non-hydrogen) atoms. The number of hydrogen-bond donors (Lipinski definition) is 1. The Balaban J connectivity index is 1.71. The number of ether oxygens (including phenoxy) is 1. The Morgan fingerprint density at radius 3 is 2.64 bits per heavy atom. The number of nitrogens with zero attached hydrogens (tertiary/aromatic N) is 2. The standard InChI is InChI=1S/C21H21N3O3S/c1-14-4-5-15(2)18(12-14)23-19(25)13-28-20-21(26)24(11-10-22-20)16-6-8-17(27-3)9-7-16/h4-12H,13H2,1-3H3,(H,23,25). The predicted octanol–water partition coefficient (Wildman–Crippen LogP) is 3.59. The molecule has 1 heterocycles. The SMILES string of the molecule is COc1ccc(-n2ccnc(SCC(=O)Nc3cc(C)ccc3C)c2=O)cc1. The molecule has 7 heteroatoms. The van der Waals surface area contributed by atoms with E-state index in [4.69, 9.17) is 4.74 Å². The Kier molecular flexibility index (Phi) is 6.16. The van der Waals surface area contributed by atoms with Gasteiger partial charge in [-0.3, -0.25) is 14.2 Å². The summed E-state index contributed by atoms with van der Waals surface area (Å²) in [6, 6.07) is 13.0. The van der Waals surface area contributed by atoms with E-state index >= 15 is 0 Å². The zero-order valence-electron chi connectivity index (χ0n) is 15.9. The van der Waals surface area contributed by atoms with Gasteiger partial charge >= 0.3 is 0 Å². The number of rotatable bonds is 6. The lowest BCUT2D eigenvalue weighted by molar-refractivity contribution is -0.113. The van der Waals surface area contributed by atoms with Gasteiger partial charge in [-0.15, -0.1) is 0 Å². The van der Waals surface area contributed by atoms with Crippen LogP contribution in [-0.4, -0.2) is 28.3 Å². The highest BCUT2D eigenvalue weighted by atomic mass is 32.2. The molecule has 0 saturated carbocycles. The quantitative estimate of drug-likeness (QED) is 0.646. The number of carbonyl (C=O) groups is 1. The van der Waals surface area contributed by atoms with Gasteiger partial charge in [-0.2, -0.15) is 0 Å². The summed E-state index contributed by atoms with van der Waals surface area (Å²) >= 11 is 1.12. The highest BCUT2D eigenvalue weighted by Gasteiger charge is 2.11. The minimum absolute atomic E-state index is 0.0995. The van der Waals surface area contributed by atoms with E-state index in [0.29, 0.717) is 11.4 Å². The molecule has 0 aliphatic carbocycles. The molecule has 1 amide bonds. The van der Waals surface area contributed by atoms with Gasteiger partial charge in [0.15, 0.2) is 5.03 Å². The topological polar surface area (TPSA) is 73.2 Å². The van der Waals surface area contributed by atoms with Gasteiger partial charge in [-0.1, -0.05) is 23.9 Å². The van der Waals surface area contributed by atoms with Crippen molar-refractivity contribution in [3.8, 4) is 11.4 Å². The fourth-order valence-electron chi connectivity index (χ4n) is 2.63. The van der Waals surface area contributed by atoms with Gasteiger partial charge in [-0.25, -0.2) is 4.98 Å². The lowest BCUT2D eigenvalue weighted by Crippen LogP contribution is -2.22. The first-order chi connectivity index (χ1) is 13.5. The monoisotopic (exact) mass is 395 g/mol. The van der Waals surface area contributed by atoms with E-state index in [0.717, 1.165) is 28.6 Å². The normalized spacial score (nSPS) is 10.5. The zero-order chi connectivity index (χ0) is 20.1. The number of aryl methyl sites for hydroxylation is 2. The first-order valence-electron chi connectivity index (χ1n) is 8.70. The molecule has 3 aromatic rings. The number of methoxy groups -OCH3 is 1. The smallest absolute Gasteiger partial charge is 0.287 e. The molecule has 0 unspecified atom stereocenters. The minimum Gasteiger partial charge on any atom is -0.497 e. The molecule has 0 fully saturated rings. The van der Waals surface area contributed by atoms with Crippen LogP contribution in [0.3, 0.4) is 0 Å². The van der Waals surface area contributed by atoms with Gasteiger partial charge in [-0.05, 0) is 55.3 Å². The second-order valence-electron chi connectivity index (χ2n) is 6.26. The van der Waals surface area contributed by atoms with Crippen molar-refractivity contribution in [3.63, 3.8) is 0 Å². The molecule has 0 aliphatic heterocycles. The molecule has 3 rings (SSSR count). The van der Waals surface area contributed by atoms with E-state index in [1.54, 1.807) is 43.8 Å². The molecule has 0 atom stereocenters. The first kappa shape index (κ1) is 19.7. The van der Waals surface area contributed by atoms with Gasteiger partial charge in [0.05, 0.1) is 12.9 Å². The molecular weight excluding hydrogens is 374 g/mol. The Morgan fingerprint density at radius 1 is 1.18 bits per heavy atom. The second-order valence-corrected chi connectivity index (χ2v) is 7.22. The number of anilines is 1. The highest BCUT2D eigenvalue weighted by molar-refractivity contribution is 7.99. The van der Waals surface area contributed by atoms with Crippen LogP contribution in [0.2, 0.25) is 0 Å². The fourth-order valence-corrected chi connectivity index (χ4v) is 3.33. The number of benzene rings is 2. The summed E-state index contributed by atoms with van der Waals surface area (Å²) in [6.45, 7) is 3.91. The summed E-state index contributed by atoms with van der Waals surface area (Å²) in [6.07, 6.45) is 3.15. The number of aromatic nitrogens is 2. The largest absolute Gasteiger partial charge is 0.497 e. The second kappa shape index (κ2) is 8.75. The van der Waals surface area contributed by atoms with Crippen molar-refractivity contribution in [1.82, 2.24) is 9.55 Å². The summed E-state index contributed by atoms with van der Waals surface area (Å²) in [5, 5.41) is 3.16. The Labute approximate surface area is 167 Å². The van der Waals surface area contributed by atoms with Crippen molar-refractivity contribution in [2.75, 3.05) is 18.2 Å². The van der Waals surface area contributed by atoms with Gasteiger partial charge in [0.1, 0.15) is 5.75 Å². The van der Waals surface area contributed by atoms with Crippen molar-refractivity contribution >= 4 is 23.4 Å². The molecule has 0 aliphatic rings. The predicted molar refractivity (Wildman–Crippen MR) is 112 cm³/mol. The molecule has 1 aromatic heterocycles. The van der Waals surface area contributed by atoms with Crippen LogP contribution in [0.25, 0.3) is 5.69 Å². The van der Waals surface area contributed by atoms with Crippen LogP contribution in [-0.2, 0) is 4.79 Å². The van der Waals surface area contributed by atoms with Crippen molar-refractivity contribution < 1.29 is 9.53 Å². The third kappa shape index (κ3) is 4.61. The lowest BCUT2D eigenvalue weighted by atomic mass is 10.1. The zero-order valence-corrected chi connectivity index (χ0v) is 16.7. The van der Waals surface area contributed by atoms with E-state index in [1.165, 1.54) is 4.57 Å². The molecular formula is C21H21N3O3S. The first-order valence-corrected chi connectivity index (χ1v) is 9.68. The van der Waals surface area contributed by atoms with E-state index in [-0.39, 0.29) is 22.2 Å². The summed E-state index contributed by atoms with van der Waals surface area (Å²) in [7, 11) is 1.59. The molecule has 0 bridgehead atoms. The Bertz CT molecular complexity index is 1050. The van der Waals surface area contributed by atoms with Crippen LogP contribution in [0.1, 0.15) is 11.1 Å². The van der Waals surface area contributed by atoms with Crippen LogP contribution >= 0.6 is 11.8 Å². The molecule has 0 spiro atoms. The van der Waals surface area contributed by atoms with E-state index in [2.05, 4.69) is 10.3 Å². The number of carbonyl (C=O) groups excluding carboxylic acids is 1. The van der Waals surface area contributed by atoms with Crippen LogP contribution in [0.4, 0.5) is 5.69 Å². The number of nitrogens with one attached hydrogen (secondary N) is 1. The summed E-state index contributed by atoms with van der Waals surface area (Å²) in [4.78, 5) is 29.1. The minimum atomic E-state index is -0.266. The van der Waals surface area contributed by atoms with Crippen molar-refractivity contribution in [2.45, 2.75) is 18.9 Å². The summed E-state index contributed by atoms with van der Waals surface area (Å²) < 4.78 is 6.64. The van der Waals surface area contributed by atoms with Crippen LogP contribution in [0, 0.1) is 13.8 Å². The van der Waals surface area contributed by atoms with E-state index in [9.17, 15) is 9.59 Å². The average molecular weight is 395 g/mol. The van der Waals surface area contributed by atoms with Crippen LogP contribution < -0.4 is 15.6 Å². The number of hydrogen-bond acceptors (Lipinski definition) is 5. The maximum absolute atomic E-state index is 12.7. The highest BCUT2D eigenvalue weighted by Crippen LogP contribution is 2.18. The van der Waals surface area contributed by atoms with Gasteiger partial charge in [0.25, 0.3) is 5.56 Å². The molecule has 144 valence electrons. The van der Waals surface area contributed by atoms with Crippen molar-refractivity contribution in [2.24, 2.45) is 0 Å². The van der Waals surface area contributed by atoms with E-state index in [1.807, 2.05) is 32.0 Å². The molecule has 2 aromatic carbocycles. The third-order valence-electron chi connectivity index (χ3n) is 4.17. The van der Waals surface area contributed by atoms with Gasteiger partial charge < -0.3 is 10.1 Å². The number of amides is 1. The van der Waals surface area contributed by atoms with Crippen molar-refractivity contribution in [3.05, 3.63) is 76.3 Å². The maximum Gasteiger partial charge on any atom is 0.287 e. The summed E-state index contributed by atoms with van der Waals surface area (Å²) in [5.74, 6) is 0.630. The summed E-state index contributed by atoms with van der Waals surface area (Å²) in [5.41, 5.74) is 3.28. The number of thioether (sulfide) groups is 1. The van der Waals surface area contributed by atoms with E-state index < -0.39 is 0 Å². The molecule has 1 N–H and O–H groups in total. The van der Waals surface area contributed by atoms with Crippen LogP contribution in [0.15, 0.2) is 64.7 Å². The fraction of sp³-hybridized carbons (Fsp3) is 0.190. The Morgan fingerprint density at radius 2 is 1.93 bits per heavy atom. The molecule has 0 radical (unpaired) electrons. The molecule has 0 saturated heterocycles. The molecule has 6 nitrogen and oxygen atoms in total. The average Bonchev–Trinajstić information content (AvgIpc) is 2.70.